The summed E-state index contributed by atoms with van der Waals surface area (Å²) in [6, 6.07) is 21.2. The molecular formula is C25H24N4O3S2. The Labute approximate surface area is 202 Å². The largest absolute Gasteiger partial charge is 0.348 e. The Morgan fingerprint density at radius 1 is 1.00 bits per heavy atom. The third-order valence-electron chi connectivity index (χ3n) is 6.12. The number of fused-ring (bicyclic) bond motifs is 2. The van der Waals surface area contributed by atoms with Crippen LogP contribution in [0.4, 0.5) is 0 Å². The summed E-state index contributed by atoms with van der Waals surface area (Å²) in [7, 11) is -4.03. The lowest BCUT2D eigenvalue weighted by molar-refractivity contribution is -0.123. The van der Waals surface area contributed by atoms with Gasteiger partial charge in [0.1, 0.15) is 22.0 Å². The number of carbonyl (C=O) groups is 1. The van der Waals surface area contributed by atoms with Crippen molar-refractivity contribution in [3.05, 3.63) is 89.5 Å². The zero-order chi connectivity index (χ0) is 23.5. The molecule has 0 unspecified atom stereocenters. The summed E-state index contributed by atoms with van der Waals surface area (Å²) in [5.41, 5.74) is 4.00. The van der Waals surface area contributed by atoms with E-state index in [-0.39, 0.29) is 23.3 Å². The molecule has 0 aliphatic heterocycles. The molecule has 2 N–H and O–H groups in total. The van der Waals surface area contributed by atoms with Gasteiger partial charge in [0, 0.05) is 0 Å². The van der Waals surface area contributed by atoms with E-state index in [4.69, 9.17) is 0 Å². The first-order chi connectivity index (χ1) is 16.5. The fourth-order valence-corrected chi connectivity index (χ4v) is 6.42. The lowest BCUT2D eigenvalue weighted by Crippen LogP contribution is -2.49. The van der Waals surface area contributed by atoms with Gasteiger partial charge < -0.3 is 5.32 Å². The molecule has 9 heteroatoms. The Kier molecular flexibility index (Phi) is 6.40. The molecule has 5 rings (SSSR count). The molecule has 1 heterocycles. The van der Waals surface area contributed by atoms with Crippen LogP contribution in [0.5, 0.6) is 0 Å². The molecule has 1 aromatic heterocycles. The number of amides is 1. The number of hydrogen-bond donors (Lipinski definition) is 2. The second-order valence-electron chi connectivity index (χ2n) is 8.40. The van der Waals surface area contributed by atoms with Crippen LogP contribution in [-0.2, 0) is 27.7 Å². The molecule has 1 aliphatic carbocycles. The molecule has 34 heavy (non-hydrogen) atoms. The van der Waals surface area contributed by atoms with Crippen molar-refractivity contribution in [3.8, 4) is 0 Å². The summed E-state index contributed by atoms with van der Waals surface area (Å²) < 4.78 is 37.7. The molecule has 0 spiro atoms. The quantitative estimate of drug-likeness (QED) is 0.409. The first-order valence-corrected chi connectivity index (χ1v) is 13.4. The zero-order valence-electron chi connectivity index (χ0n) is 18.3. The number of aromatic nitrogens is 2. The van der Waals surface area contributed by atoms with E-state index < -0.39 is 16.1 Å². The molecule has 0 saturated heterocycles. The first kappa shape index (κ1) is 22.6. The highest BCUT2D eigenvalue weighted by Gasteiger charge is 2.30. The van der Waals surface area contributed by atoms with E-state index in [2.05, 4.69) is 24.9 Å². The molecule has 174 valence electrons. The number of rotatable bonds is 7. The number of nitrogens with one attached hydrogen (secondary N) is 2. The Morgan fingerprint density at radius 2 is 1.79 bits per heavy atom. The standard InChI is InChI=1S/C25H24N4O3S2/c30-25(26-20-13-6-11-18-10-4-5-12-19(18)20)22(16-17-8-2-1-3-9-17)29-34(31,32)23-15-7-14-21-24(23)28-33-27-21/h1-5,7-10,12,14-15,20,22,29H,6,11,13,16H2,(H,26,30)/t20-,22-/m1/s1. The molecular weight excluding hydrogens is 468 g/mol. The molecule has 1 amide bonds. The minimum Gasteiger partial charge on any atom is -0.348 e. The van der Waals surface area contributed by atoms with Gasteiger partial charge in [0.25, 0.3) is 0 Å². The van der Waals surface area contributed by atoms with E-state index in [1.807, 2.05) is 48.5 Å². The topological polar surface area (TPSA) is 101 Å². The second-order valence-corrected chi connectivity index (χ2v) is 10.6. The van der Waals surface area contributed by atoms with Gasteiger partial charge in [0.2, 0.25) is 15.9 Å². The summed E-state index contributed by atoms with van der Waals surface area (Å²) in [6.07, 6.45) is 2.99. The average molecular weight is 493 g/mol. The van der Waals surface area contributed by atoms with Crippen molar-refractivity contribution in [1.29, 1.82) is 0 Å². The van der Waals surface area contributed by atoms with Crippen molar-refractivity contribution in [2.45, 2.75) is 42.7 Å². The number of sulfonamides is 1. The van der Waals surface area contributed by atoms with Crippen molar-refractivity contribution in [2.75, 3.05) is 0 Å². The van der Waals surface area contributed by atoms with E-state index in [1.54, 1.807) is 12.1 Å². The zero-order valence-corrected chi connectivity index (χ0v) is 20.0. The maximum Gasteiger partial charge on any atom is 0.243 e. The maximum atomic E-state index is 13.5. The van der Waals surface area contributed by atoms with Gasteiger partial charge in [-0.2, -0.15) is 13.5 Å². The summed E-state index contributed by atoms with van der Waals surface area (Å²) >= 11 is 0.956. The Bertz CT molecular complexity index is 1420. The van der Waals surface area contributed by atoms with Crippen LogP contribution < -0.4 is 10.0 Å². The fourth-order valence-electron chi connectivity index (χ4n) is 4.46. The van der Waals surface area contributed by atoms with Crippen LogP contribution in [0.2, 0.25) is 0 Å². The molecule has 2 atom stereocenters. The van der Waals surface area contributed by atoms with E-state index >= 15 is 0 Å². The monoisotopic (exact) mass is 492 g/mol. The minimum atomic E-state index is -4.03. The second kappa shape index (κ2) is 9.61. The van der Waals surface area contributed by atoms with Crippen molar-refractivity contribution >= 4 is 38.7 Å². The van der Waals surface area contributed by atoms with Crippen LogP contribution in [0.25, 0.3) is 11.0 Å². The van der Waals surface area contributed by atoms with Crippen molar-refractivity contribution in [3.63, 3.8) is 0 Å². The molecule has 0 saturated carbocycles. The predicted octanol–water partition coefficient (Wildman–Crippen LogP) is 3.77. The maximum absolute atomic E-state index is 13.5. The fraction of sp³-hybridized carbons (Fsp3) is 0.240. The highest BCUT2D eigenvalue weighted by molar-refractivity contribution is 7.89. The van der Waals surface area contributed by atoms with E-state index in [0.29, 0.717) is 11.0 Å². The Morgan fingerprint density at radius 3 is 2.65 bits per heavy atom. The Balaban J connectivity index is 1.44. The average Bonchev–Trinajstić information content (AvgIpc) is 3.33. The van der Waals surface area contributed by atoms with Crippen LogP contribution in [0.15, 0.2) is 77.7 Å². The number of aryl methyl sites for hydroxylation is 1. The van der Waals surface area contributed by atoms with Gasteiger partial charge in [-0.3, -0.25) is 4.79 Å². The lowest BCUT2D eigenvalue weighted by Gasteiger charge is -2.28. The van der Waals surface area contributed by atoms with Gasteiger partial charge in [-0.15, -0.1) is 0 Å². The summed E-state index contributed by atoms with van der Waals surface area (Å²) in [4.78, 5) is 13.5. The van der Waals surface area contributed by atoms with E-state index in [9.17, 15) is 13.2 Å². The summed E-state index contributed by atoms with van der Waals surface area (Å²) in [5, 5.41) is 3.11. The number of nitrogens with zero attached hydrogens (tertiary/aromatic N) is 2. The van der Waals surface area contributed by atoms with Gasteiger partial charge in [0.05, 0.1) is 17.8 Å². The van der Waals surface area contributed by atoms with E-state index in [0.717, 1.165) is 42.1 Å². The summed E-state index contributed by atoms with van der Waals surface area (Å²) in [5.74, 6) is -0.349. The highest BCUT2D eigenvalue weighted by atomic mass is 32.2. The molecule has 3 aromatic carbocycles. The third-order valence-corrected chi connectivity index (χ3v) is 8.17. The van der Waals surface area contributed by atoms with Gasteiger partial charge in [0.15, 0.2) is 0 Å². The van der Waals surface area contributed by atoms with Crippen LogP contribution >= 0.6 is 11.7 Å². The number of carbonyl (C=O) groups excluding carboxylic acids is 1. The molecule has 4 aromatic rings. The smallest absolute Gasteiger partial charge is 0.243 e. The van der Waals surface area contributed by atoms with Crippen LogP contribution in [-0.4, -0.2) is 29.1 Å². The van der Waals surface area contributed by atoms with E-state index in [1.165, 1.54) is 11.6 Å². The normalized spacial score (nSPS) is 16.6. The van der Waals surface area contributed by atoms with Crippen LogP contribution in [0.1, 0.15) is 35.6 Å². The highest BCUT2D eigenvalue weighted by Crippen LogP contribution is 2.29. The van der Waals surface area contributed by atoms with Gasteiger partial charge in [-0.25, -0.2) is 8.42 Å². The predicted molar refractivity (Wildman–Crippen MR) is 132 cm³/mol. The minimum absolute atomic E-state index is 0.0209. The Hall–Kier alpha value is -3.14. The SMILES string of the molecule is O=C(N[C@@H]1CCCc2ccccc21)[C@@H](Cc1ccccc1)NS(=O)(=O)c1cccc2nsnc12. The molecule has 7 nitrogen and oxygen atoms in total. The molecule has 0 fully saturated rings. The molecule has 0 radical (unpaired) electrons. The molecule has 0 bridgehead atoms. The van der Waals surface area contributed by atoms with Gasteiger partial charge in [-0.05, 0) is 54.5 Å². The van der Waals surface area contributed by atoms with Crippen molar-refractivity contribution in [1.82, 2.24) is 18.8 Å². The number of benzene rings is 3. The lowest BCUT2D eigenvalue weighted by atomic mass is 9.87. The van der Waals surface area contributed by atoms with Crippen molar-refractivity contribution in [2.24, 2.45) is 0 Å². The van der Waals surface area contributed by atoms with Crippen LogP contribution in [0, 0.1) is 0 Å². The van der Waals surface area contributed by atoms with Gasteiger partial charge >= 0.3 is 0 Å². The summed E-state index contributed by atoms with van der Waals surface area (Å²) in [6.45, 7) is 0. The number of hydrogen-bond acceptors (Lipinski definition) is 6. The van der Waals surface area contributed by atoms with Crippen LogP contribution in [0.3, 0.4) is 0 Å². The van der Waals surface area contributed by atoms with Crippen molar-refractivity contribution < 1.29 is 13.2 Å². The third kappa shape index (κ3) is 4.72. The van der Waals surface area contributed by atoms with Gasteiger partial charge in [-0.1, -0.05) is 60.7 Å². The molecule has 1 aliphatic rings. The first-order valence-electron chi connectivity index (χ1n) is 11.2.